The Morgan fingerprint density at radius 3 is 2.39 bits per heavy atom. The number of carbonyl (C=O) groups is 1. The zero-order chi connectivity index (χ0) is 20.3. The van der Waals surface area contributed by atoms with E-state index in [0.29, 0.717) is 5.75 Å². The van der Waals surface area contributed by atoms with E-state index >= 15 is 0 Å². The van der Waals surface area contributed by atoms with Gasteiger partial charge in [-0.1, -0.05) is 12.1 Å². The fourth-order valence-electron chi connectivity index (χ4n) is 2.99. The van der Waals surface area contributed by atoms with Crippen LogP contribution in [-0.4, -0.2) is 56.3 Å². The average Bonchev–Trinajstić information content (AvgIpc) is 2.68. The first-order chi connectivity index (χ1) is 13.3. The van der Waals surface area contributed by atoms with Crippen molar-refractivity contribution in [2.75, 3.05) is 32.8 Å². The summed E-state index contributed by atoms with van der Waals surface area (Å²) < 4.78 is 45.4. The summed E-state index contributed by atoms with van der Waals surface area (Å²) >= 11 is 0. The molecule has 1 fully saturated rings. The van der Waals surface area contributed by atoms with Gasteiger partial charge >= 0.3 is 0 Å². The lowest BCUT2D eigenvalue weighted by atomic mass is 10.1. The van der Waals surface area contributed by atoms with Crippen LogP contribution in [0.3, 0.4) is 0 Å². The molecule has 1 aliphatic heterocycles. The first-order valence-electron chi connectivity index (χ1n) is 9.01. The standard InChI is InChI=1S/C20H23FN2O4S/c1-15-6-7-18(12-16(15)2)27-14-20(24)22-8-10-23(11-9-22)28(25,26)19-5-3-4-17(21)13-19/h3-7,12-13H,8-11,14H2,1-2H3. The van der Waals surface area contributed by atoms with Crippen LogP contribution in [0, 0.1) is 19.7 Å². The number of piperazine rings is 1. The van der Waals surface area contributed by atoms with Crippen molar-refractivity contribution < 1.29 is 22.3 Å². The van der Waals surface area contributed by atoms with Crippen molar-refractivity contribution in [1.82, 2.24) is 9.21 Å². The number of rotatable bonds is 5. The highest BCUT2D eigenvalue weighted by atomic mass is 32.2. The quantitative estimate of drug-likeness (QED) is 0.765. The number of hydrogen-bond donors (Lipinski definition) is 0. The van der Waals surface area contributed by atoms with Crippen LogP contribution in [0.5, 0.6) is 5.75 Å². The normalized spacial score (nSPS) is 15.5. The molecule has 0 N–H and O–H groups in total. The van der Waals surface area contributed by atoms with Crippen LogP contribution >= 0.6 is 0 Å². The number of ether oxygens (including phenoxy) is 1. The van der Waals surface area contributed by atoms with Gasteiger partial charge in [-0.3, -0.25) is 4.79 Å². The summed E-state index contributed by atoms with van der Waals surface area (Å²) in [5, 5.41) is 0. The first kappa shape index (κ1) is 20.3. The second-order valence-electron chi connectivity index (χ2n) is 6.78. The summed E-state index contributed by atoms with van der Waals surface area (Å²) in [5.41, 5.74) is 2.23. The van der Waals surface area contributed by atoms with Gasteiger partial charge in [0.05, 0.1) is 4.90 Å². The van der Waals surface area contributed by atoms with Gasteiger partial charge in [-0.15, -0.1) is 0 Å². The molecule has 1 heterocycles. The van der Waals surface area contributed by atoms with Crippen molar-refractivity contribution in [3.8, 4) is 5.75 Å². The summed E-state index contributed by atoms with van der Waals surface area (Å²) in [6.45, 7) is 4.73. The Balaban J connectivity index is 1.55. The van der Waals surface area contributed by atoms with Gasteiger partial charge in [-0.25, -0.2) is 12.8 Å². The van der Waals surface area contributed by atoms with Gasteiger partial charge in [0, 0.05) is 26.2 Å². The van der Waals surface area contributed by atoms with Crippen molar-refractivity contribution in [2.45, 2.75) is 18.7 Å². The topological polar surface area (TPSA) is 66.9 Å². The molecule has 0 atom stereocenters. The fraction of sp³-hybridized carbons (Fsp3) is 0.350. The summed E-state index contributed by atoms with van der Waals surface area (Å²) in [6, 6.07) is 10.6. The molecule has 3 rings (SSSR count). The molecule has 28 heavy (non-hydrogen) atoms. The Kier molecular flexibility index (Phi) is 6.00. The van der Waals surface area contributed by atoms with Crippen molar-refractivity contribution in [3.05, 3.63) is 59.4 Å². The Labute approximate surface area is 164 Å². The van der Waals surface area contributed by atoms with Crippen molar-refractivity contribution in [1.29, 1.82) is 0 Å². The molecule has 0 unspecified atom stereocenters. The van der Waals surface area contributed by atoms with Gasteiger partial charge in [-0.2, -0.15) is 4.31 Å². The molecule has 8 heteroatoms. The lowest BCUT2D eigenvalue weighted by Crippen LogP contribution is -2.51. The van der Waals surface area contributed by atoms with E-state index in [1.807, 2.05) is 32.0 Å². The van der Waals surface area contributed by atoms with Crippen LogP contribution in [0.25, 0.3) is 0 Å². The summed E-state index contributed by atoms with van der Waals surface area (Å²) in [5.74, 6) is -0.164. The van der Waals surface area contributed by atoms with Crippen molar-refractivity contribution in [2.24, 2.45) is 0 Å². The predicted molar refractivity (Wildman–Crippen MR) is 103 cm³/mol. The predicted octanol–water partition coefficient (Wildman–Crippen LogP) is 2.35. The molecule has 1 aliphatic rings. The largest absolute Gasteiger partial charge is 0.484 e. The minimum absolute atomic E-state index is 0.0784. The van der Waals surface area contributed by atoms with E-state index in [-0.39, 0.29) is 43.6 Å². The van der Waals surface area contributed by atoms with Gasteiger partial charge in [0.1, 0.15) is 11.6 Å². The third-order valence-corrected chi connectivity index (χ3v) is 6.76. The minimum atomic E-state index is -3.77. The summed E-state index contributed by atoms with van der Waals surface area (Å²) in [6.07, 6.45) is 0. The highest BCUT2D eigenvalue weighted by Gasteiger charge is 2.30. The minimum Gasteiger partial charge on any atom is -0.484 e. The molecular formula is C20H23FN2O4S. The Bertz CT molecular complexity index is 970. The lowest BCUT2D eigenvalue weighted by molar-refractivity contribution is -0.134. The molecule has 0 aromatic heterocycles. The van der Waals surface area contributed by atoms with Gasteiger partial charge in [-0.05, 0) is 55.3 Å². The van der Waals surface area contributed by atoms with E-state index in [1.54, 1.807) is 4.90 Å². The second kappa shape index (κ2) is 8.28. The van der Waals surface area contributed by atoms with Gasteiger partial charge < -0.3 is 9.64 Å². The maximum Gasteiger partial charge on any atom is 0.260 e. The molecule has 1 amide bonds. The fourth-order valence-corrected chi connectivity index (χ4v) is 4.45. The lowest BCUT2D eigenvalue weighted by Gasteiger charge is -2.34. The highest BCUT2D eigenvalue weighted by Crippen LogP contribution is 2.19. The molecule has 0 bridgehead atoms. The summed E-state index contributed by atoms with van der Waals surface area (Å²) in [4.78, 5) is 13.9. The molecule has 0 radical (unpaired) electrons. The van der Waals surface area contributed by atoms with Crippen molar-refractivity contribution >= 4 is 15.9 Å². The van der Waals surface area contributed by atoms with Crippen LogP contribution in [0.15, 0.2) is 47.4 Å². The third kappa shape index (κ3) is 4.51. The van der Waals surface area contributed by atoms with Gasteiger partial charge in [0.15, 0.2) is 6.61 Å². The van der Waals surface area contributed by atoms with E-state index in [2.05, 4.69) is 0 Å². The number of hydrogen-bond acceptors (Lipinski definition) is 4. The van der Waals surface area contributed by atoms with Gasteiger partial charge in [0.25, 0.3) is 5.91 Å². The number of amides is 1. The molecule has 0 saturated carbocycles. The third-order valence-electron chi connectivity index (χ3n) is 4.87. The zero-order valence-corrected chi connectivity index (χ0v) is 16.7. The monoisotopic (exact) mass is 406 g/mol. The van der Waals surface area contributed by atoms with Crippen LogP contribution < -0.4 is 4.74 Å². The second-order valence-corrected chi connectivity index (χ2v) is 8.71. The van der Waals surface area contributed by atoms with E-state index in [4.69, 9.17) is 4.74 Å². The molecule has 0 aliphatic carbocycles. The maximum atomic E-state index is 13.4. The van der Waals surface area contributed by atoms with E-state index < -0.39 is 15.8 Å². The average molecular weight is 406 g/mol. The van der Waals surface area contributed by atoms with Crippen LogP contribution in [-0.2, 0) is 14.8 Å². The number of carbonyl (C=O) groups excluding carboxylic acids is 1. The number of aryl methyl sites for hydroxylation is 2. The Morgan fingerprint density at radius 1 is 1.04 bits per heavy atom. The van der Waals surface area contributed by atoms with Crippen LogP contribution in [0.4, 0.5) is 4.39 Å². The van der Waals surface area contributed by atoms with Crippen LogP contribution in [0.1, 0.15) is 11.1 Å². The molecular weight excluding hydrogens is 383 g/mol. The summed E-state index contributed by atoms with van der Waals surface area (Å²) in [7, 11) is -3.77. The molecule has 6 nitrogen and oxygen atoms in total. The zero-order valence-electron chi connectivity index (χ0n) is 15.9. The van der Waals surface area contributed by atoms with E-state index in [9.17, 15) is 17.6 Å². The Hall–Kier alpha value is -2.45. The highest BCUT2D eigenvalue weighted by molar-refractivity contribution is 7.89. The molecule has 150 valence electrons. The number of nitrogens with zero attached hydrogens (tertiary/aromatic N) is 2. The molecule has 1 saturated heterocycles. The molecule has 0 spiro atoms. The number of benzene rings is 2. The van der Waals surface area contributed by atoms with E-state index in [1.165, 1.54) is 22.5 Å². The van der Waals surface area contributed by atoms with E-state index in [0.717, 1.165) is 17.2 Å². The van der Waals surface area contributed by atoms with Gasteiger partial charge in [0.2, 0.25) is 10.0 Å². The Morgan fingerprint density at radius 2 is 1.75 bits per heavy atom. The molecule has 2 aromatic carbocycles. The number of sulfonamides is 1. The molecule has 2 aromatic rings. The SMILES string of the molecule is Cc1ccc(OCC(=O)N2CCN(S(=O)(=O)c3cccc(F)c3)CC2)cc1C. The van der Waals surface area contributed by atoms with Crippen molar-refractivity contribution in [3.63, 3.8) is 0 Å². The first-order valence-corrected chi connectivity index (χ1v) is 10.4. The van der Waals surface area contributed by atoms with Crippen LogP contribution in [0.2, 0.25) is 0 Å². The maximum absolute atomic E-state index is 13.4. The number of halogens is 1. The smallest absolute Gasteiger partial charge is 0.260 e.